The third-order valence-corrected chi connectivity index (χ3v) is 8.38. The summed E-state index contributed by atoms with van der Waals surface area (Å²) in [5.74, 6) is -2.04. The molecule has 3 aliphatic rings. The quantitative estimate of drug-likeness (QED) is 0.297. The zero-order chi connectivity index (χ0) is 30.1. The number of methoxy groups -OCH3 is 1. The molecule has 2 amide bonds. The molecular weight excluding hydrogens is 584 g/mol. The summed E-state index contributed by atoms with van der Waals surface area (Å²) >= 11 is 5.85. The van der Waals surface area contributed by atoms with Crippen LogP contribution in [0.2, 0.25) is 5.02 Å². The third-order valence-electron chi connectivity index (χ3n) is 8.18. The van der Waals surface area contributed by atoms with E-state index in [0.717, 1.165) is 30.6 Å². The minimum absolute atomic E-state index is 0.0879. The van der Waals surface area contributed by atoms with Crippen molar-refractivity contribution < 1.29 is 27.8 Å². The molecule has 11 nitrogen and oxygen atoms in total. The van der Waals surface area contributed by atoms with E-state index in [4.69, 9.17) is 31.8 Å². The first-order valence-corrected chi connectivity index (χ1v) is 14.2. The van der Waals surface area contributed by atoms with Crippen molar-refractivity contribution in [1.29, 1.82) is 0 Å². The zero-order valence-electron chi connectivity index (χ0n) is 23.0. The van der Waals surface area contributed by atoms with E-state index >= 15 is 0 Å². The monoisotopic (exact) mass is 609 g/mol. The highest BCUT2D eigenvalue weighted by atomic mass is 35.5. The van der Waals surface area contributed by atoms with Gasteiger partial charge in [0.15, 0.2) is 11.4 Å². The molecule has 7 rings (SSSR count). The molecule has 2 saturated carbocycles. The van der Waals surface area contributed by atoms with Crippen molar-refractivity contribution in [1.82, 2.24) is 24.5 Å². The number of amides is 2. The van der Waals surface area contributed by atoms with Crippen molar-refractivity contribution in [3.63, 3.8) is 0 Å². The summed E-state index contributed by atoms with van der Waals surface area (Å²) in [5, 5.41) is 0.264. The molecule has 4 heterocycles. The summed E-state index contributed by atoms with van der Waals surface area (Å²) in [6.45, 7) is 0.124. The van der Waals surface area contributed by atoms with Crippen LogP contribution in [0.25, 0.3) is 22.3 Å². The van der Waals surface area contributed by atoms with Gasteiger partial charge < -0.3 is 19.8 Å². The maximum atomic E-state index is 14.9. The van der Waals surface area contributed by atoms with Gasteiger partial charge in [0, 0.05) is 25.1 Å². The number of aromatic nitrogens is 5. The molecule has 1 aromatic carbocycles. The number of imidazole rings is 1. The second-order valence-corrected chi connectivity index (χ2v) is 11.7. The molecular formula is C29H26ClF2N7O4. The number of alkyl halides is 2. The van der Waals surface area contributed by atoms with Crippen LogP contribution in [-0.4, -0.2) is 56.1 Å². The topological polar surface area (TPSA) is 138 Å². The van der Waals surface area contributed by atoms with E-state index in [1.807, 2.05) is 4.57 Å². The molecule has 0 bridgehead atoms. The number of hydrogen-bond donors (Lipinski definition) is 1. The van der Waals surface area contributed by atoms with E-state index < -0.39 is 17.9 Å². The summed E-state index contributed by atoms with van der Waals surface area (Å²) in [6, 6.07) is 4.47. The average Bonchev–Trinajstić information content (AvgIpc) is 3.90. The van der Waals surface area contributed by atoms with Crippen LogP contribution in [0.1, 0.15) is 47.6 Å². The zero-order valence-corrected chi connectivity index (χ0v) is 23.8. The summed E-state index contributed by atoms with van der Waals surface area (Å²) in [6.07, 6.45) is 4.48. The number of benzene rings is 1. The molecule has 3 aromatic heterocycles. The lowest BCUT2D eigenvalue weighted by Crippen LogP contribution is -2.50. The van der Waals surface area contributed by atoms with Crippen LogP contribution in [0.15, 0.2) is 36.9 Å². The molecule has 43 heavy (non-hydrogen) atoms. The molecule has 222 valence electrons. The fourth-order valence-electron chi connectivity index (χ4n) is 5.72. The van der Waals surface area contributed by atoms with E-state index in [2.05, 4.69) is 15.0 Å². The van der Waals surface area contributed by atoms with E-state index in [-0.39, 0.29) is 39.9 Å². The molecule has 4 aromatic rings. The highest BCUT2D eigenvalue weighted by Gasteiger charge is 2.51. The largest absolute Gasteiger partial charge is 0.482 e. The highest BCUT2D eigenvalue weighted by molar-refractivity contribution is 6.30. The second-order valence-electron chi connectivity index (χ2n) is 11.3. The Morgan fingerprint density at radius 3 is 2.60 bits per heavy atom. The Kier molecular flexibility index (Phi) is 6.36. The van der Waals surface area contributed by atoms with E-state index in [0.29, 0.717) is 46.9 Å². The number of anilines is 1. The molecule has 1 aliphatic heterocycles. The van der Waals surface area contributed by atoms with Crippen molar-refractivity contribution in [2.75, 3.05) is 18.6 Å². The van der Waals surface area contributed by atoms with Gasteiger partial charge in [-0.2, -0.15) is 8.78 Å². The molecule has 2 N–H and O–H groups in total. The minimum atomic E-state index is -4.16. The third kappa shape index (κ3) is 4.76. The number of hydrogen-bond acceptors (Lipinski definition) is 8. The number of pyridine rings is 1. The molecule has 14 heteroatoms. The number of fused-ring (bicyclic) bond motifs is 2. The van der Waals surface area contributed by atoms with Crippen molar-refractivity contribution >= 4 is 40.3 Å². The van der Waals surface area contributed by atoms with Gasteiger partial charge in [0.25, 0.3) is 5.91 Å². The molecule has 2 fully saturated rings. The van der Waals surface area contributed by atoms with Gasteiger partial charge in [-0.3, -0.25) is 14.5 Å². The van der Waals surface area contributed by atoms with Crippen LogP contribution in [0.3, 0.4) is 0 Å². The number of primary amides is 1. The molecule has 0 saturated heterocycles. The Labute approximate surface area is 249 Å². The Morgan fingerprint density at radius 1 is 1.21 bits per heavy atom. The van der Waals surface area contributed by atoms with Crippen LogP contribution >= 0.6 is 11.6 Å². The predicted molar refractivity (Wildman–Crippen MR) is 151 cm³/mol. The summed E-state index contributed by atoms with van der Waals surface area (Å²) in [4.78, 5) is 44.2. The first-order valence-electron chi connectivity index (χ1n) is 13.8. The lowest BCUT2D eigenvalue weighted by atomic mass is 9.94. The van der Waals surface area contributed by atoms with E-state index in [9.17, 15) is 18.4 Å². The highest BCUT2D eigenvalue weighted by Crippen LogP contribution is 2.48. The lowest BCUT2D eigenvalue weighted by Gasteiger charge is -2.33. The van der Waals surface area contributed by atoms with Gasteiger partial charge in [0.05, 0.1) is 47.0 Å². The normalized spacial score (nSPS) is 18.4. The Bertz CT molecular complexity index is 1790. The Balaban J connectivity index is 1.39. The summed E-state index contributed by atoms with van der Waals surface area (Å²) < 4.78 is 42.3. The molecule has 0 radical (unpaired) electrons. The molecule has 0 atom stereocenters. The van der Waals surface area contributed by atoms with Gasteiger partial charge in [-0.15, -0.1) is 0 Å². The number of carbonyl (C=O) groups is 2. The van der Waals surface area contributed by atoms with E-state index in [1.165, 1.54) is 24.5 Å². The molecule has 0 spiro atoms. The van der Waals surface area contributed by atoms with Crippen LogP contribution in [-0.2, 0) is 28.0 Å². The lowest BCUT2D eigenvalue weighted by molar-refractivity contribution is -0.193. The number of nitrogens with zero attached hydrogens (tertiary/aromatic N) is 6. The maximum absolute atomic E-state index is 14.9. The minimum Gasteiger partial charge on any atom is -0.423 e. The van der Waals surface area contributed by atoms with Crippen molar-refractivity contribution in [2.45, 2.75) is 50.3 Å². The number of nitrogens with two attached hydrogens (primary N) is 1. The second kappa shape index (κ2) is 9.91. The molecule has 0 unspecified atom stereocenters. The van der Waals surface area contributed by atoms with Gasteiger partial charge in [-0.1, -0.05) is 17.7 Å². The van der Waals surface area contributed by atoms with E-state index in [1.54, 1.807) is 19.5 Å². The smallest absolute Gasteiger partial charge is 0.423 e. The fraction of sp³-hybridized carbons (Fsp3) is 0.379. The predicted octanol–water partition coefficient (Wildman–Crippen LogP) is 4.25. The number of halogens is 3. The molecule has 2 aliphatic carbocycles. The Hall–Kier alpha value is -4.23. The van der Waals surface area contributed by atoms with Crippen molar-refractivity contribution in [2.24, 2.45) is 11.7 Å². The van der Waals surface area contributed by atoms with Gasteiger partial charge >= 0.3 is 12.0 Å². The number of ether oxygens (including phenoxy) is 2. The van der Waals surface area contributed by atoms with Crippen LogP contribution in [0.4, 0.5) is 14.5 Å². The van der Waals surface area contributed by atoms with Gasteiger partial charge in [0.2, 0.25) is 0 Å². The average molecular weight is 610 g/mol. The van der Waals surface area contributed by atoms with Gasteiger partial charge in [0.1, 0.15) is 11.3 Å². The van der Waals surface area contributed by atoms with Crippen molar-refractivity contribution in [3.05, 3.63) is 59.0 Å². The van der Waals surface area contributed by atoms with Crippen LogP contribution < -0.4 is 15.4 Å². The number of rotatable bonds is 9. The fourth-order valence-corrected chi connectivity index (χ4v) is 5.82. The van der Waals surface area contributed by atoms with Crippen LogP contribution in [0.5, 0.6) is 5.75 Å². The summed E-state index contributed by atoms with van der Waals surface area (Å²) in [5.41, 5.74) is 8.16. The van der Waals surface area contributed by atoms with Crippen LogP contribution in [0, 0.1) is 5.92 Å². The first kappa shape index (κ1) is 27.6. The van der Waals surface area contributed by atoms with Crippen molar-refractivity contribution in [3.8, 4) is 16.9 Å². The standard InChI is InChI=1S/C29H26ClF2N7O4/c1-42-13-28(6-7-28)39-14-36-24-22(23(25(33)40)18(37-26(24)39)8-15-2-3-15)16-4-5-19-20(9-16)43-29(31,32)27(41)38(19)12-21-34-10-17(30)11-35-21/h4-5,9-11,14-15H,2-3,6-8,12-13H2,1H3,(H2,33,40). The SMILES string of the molecule is COCC1(n2cnc3c(-c4ccc5c(c4)OC(F)(F)C(=O)N5Cc4ncc(Cl)cn4)c(C(N)=O)c(CC4CC4)nc32)CC1. The summed E-state index contributed by atoms with van der Waals surface area (Å²) in [7, 11) is 1.64. The Morgan fingerprint density at radius 2 is 1.95 bits per heavy atom. The van der Waals surface area contributed by atoms with Gasteiger partial charge in [-0.05, 0) is 55.7 Å². The first-order chi connectivity index (χ1) is 20.6. The number of carbonyl (C=O) groups excluding carboxylic acids is 2. The van der Waals surface area contributed by atoms with Gasteiger partial charge in [-0.25, -0.2) is 19.9 Å². The maximum Gasteiger partial charge on any atom is 0.482 e.